The molecule has 0 aromatic carbocycles. The Hall–Kier alpha value is -1.87. The van der Waals surface area contributed by atoms with Gasteiger partial charge >= 0.3 is 5.97 Å². The van der Waals surface area contributed by atoms with Crippen LogP contribution in [0.2, 0.25) is 0 Å². The highest BCUT2D eigenvalue weighted by atomic mass is 16.5. The third-order valence-electron chi connectivity index (χ3n) is 1.15. The fraction of sp³-hybridized carbons (Fsp3) is 0. The molecular formula is C11H14O3. The number of carbonyl (C=O) groups excluding carboxylic acids is 1. The third-order valence-corrected chi connectivity index (χ3v) is 1.15. The summed E-state index contributed by atoms with van der Waals surface area (Å²) in [6.07, 6.45) is 6.00. The number of hydrogen-bond acceptors (Lipinski definition) is 2. The van der Waals surface area contributed by atoms with Crippen LogP contribution in [0.15, 0.2) is 62.0 Å². The Kier molecular flexibility index (Phi) is 8.12. The fourth-order valence-corrected chi connectivity index (χ4v) is 0.479. The molecule has 2 N–H and O–H groups in total. The van der Waals surface area contributed by atoms with Crippen LogP contribution in [-0.4, -0.2) is 11.4 Å². The van der Waals surface area contributed by atoms with Crippen LogP contribution in [-0.2, 0) is 9.53 Å². The van der Waals surface area contributed by atoms with Crippen LogP contribution in [0.1, 0.15) is 0 Å². The third kappa shape index (κ3) is 5.74. The van der Waals surface area contributed by atoms with Crippen LogP contribution in [0.25, 0.3) is 0 Å². The van der Waals surface area contributed by atoms with Crippen molar-refractivity contribution in [1.82, 2.24) is 0 Å². The van der Waals surface area contributed by atoms with Crippen LogP contribution < -0.4 is 0 Å². The van der Waals surface area contributed by atoms with Gasteiger partial charge in [-0.2, -0.15) is 0 Å². The van der Waals surface area contributed by atoms with Crippen molar-refractivity contribution in [3.05, 3.63) is 62.0 Å². The largest absolute Gasteiger partial charge is 0.424 e. The van der Waals surface area contributed by atoms with E-state index in [1.807, 2.05) is 0 Å². The summed E-state index contributed by atoms with van der Waals surface area (Å²) in [6, 6.07) is 0. The molecule has 0 rings (SSSR count). The quantitative estimate of drug-likeness (QED) is 0.289. The highest BCUT2D eigenvalue weighted by Crippen LogP contribution is 2.02. The van der Waals surface area contributed by atoms with Gasteiger partial charge in [0.1, 0.15) is 5.76 Å². The number of carbonyl (C=O) groups is 1. The normalized spacial score (nSPS) is 8.57. The van der Waals surface area contributed by atoms with Crippen molar-refractivity contribution in [2.45, 2.75) is 0 Å². The lowest BCUT2D eigenvalue weighted by molar-refractivity contribution is -0.134. The fourth-order valence-electron chi connectivity index (χ4n) is 0.479. The first-order valence-electron chi connectivity index (χ1n) is 3.63. The molecule has 0 bridgehead atoms. The van der Waals surface area contributed by atoms with Crippen molar-refractivity contribution in [3.63, 3.8) is 0 Å². The zero-order valence-corrected chi connectivity index (χ0v) is 7.95. The second-order valence-electron chi connectivity index (χ2n) is 2.18. The van der Waals surface area contributed by atoms with E-state index in [-0.39, 0.29) is 16.8 Å². The average Bonchev–Trinajstić information content (AvgIpc) is 2.13. The van der Waals surface area contributed by atoms with E-state index >= 15 is 0 Å². The van der Waals surface area contributed by atoms with Crippen molar-refractivity contribution in [2.24, 2.45) is 0 Å². The lowest BCUT2D eigenvalue weighted by atomic mass is 10.3. The molecule has 0 aliphatic heterocycles. The predicted octanol–water partition coefficient (Wildman–Crippen LogP) is 1.70. The van der Waals surface area contributed by atoms with E-state index in [1.54, 1.807) is 12.2 Å². The van der Waals surface area contributed by atoms with Crippen molar-refractivity contribution >= 4 is 5.97 Å². The van der Waals surface area contributed by atoms with E-state index in [0.717, 1.165) is 0 Å². The number of allylic oxidation sites excluding steroid dienone is 3. The average molecular weight is 194 g/mol. The molecule has 0 fully saturated rings. The summed E-state index contributed by atoms with van der Waals surface area (Å²) in [7, 11) is 0. The van der Waals surface area contributed by atoms with Gasteiger partial charge in [-0.1, -0.05) is 38.5 Å². The summed E-state index contributed by atoms with van der Waals surface area (Å²) >= 11 is 0. The van der Waals surface area contributed by atoms with E-state index in [4.69, 9.17) is 4.74 Å². The summed E-state index contributed by atoms with van der Waals surface area (Å²) in [6.45, 7) is 13.8. The zero-order chi connectivity index (χ0) is 10.3. The Morgan fingerprint density at radius 3 is 2.21 bits per heavy atom. The summed E-state index contributed by atoms with van der Waals surface area (Å²) in [5.74, 6) is -0.332. The van der Waals surface area contributed by atoms with Crippen molar-refractivity contribution in [3.8, 4) is 0 Å². The van der Waals surface area contributed by atoms with Crippen molar-refractivity contribution in [1.29, 1.82) is 0 Å². The van der Waals surface area contributed by atoms with Gasteiger partial charge in [-0.05, 0) is 12.2 Å². The number of esters is 1. The summed E-state index contributed by atoms with van der Waals surface area (Å²) in [5, 5.41) is 0. The first kappa shape index (κ1) is 14.6. The molecule has 0 aromatic heterocycles. The molecule has 0 saturated carbocycles. The zero-order valence-electron chi connectivity index (χ0n) is 7.95. The van der Waals surface area contributed by atoms with Gasteiger partial charge < -0.3 is 10.2 Å². The van der Waals surface area contributed by atoms with Crippen molar-refractivity contribution < 1.29 is 15.0 Å². The van der Waals surface area contributed by atoms with E-state index in [9.17, 15) is 4.79 Å². The van der Waals surface area contributed by atoms with Crippen LogP contribution in [0.5, 0.6) is 0 Å². The topological polar surface area (TPSA) is 57.8 Å². The minimum atomic E-state index is -0.539. The summed E-state index contributed by atoms with van der Waals surface area (Å²) < 4.78 is 4.72. The van der Waals surface area contributed by atoms with Gasteiger partial charge in [-0.15, -0.1) is 0 Å². The molecule has 0 radical (unpaired) electrons. The number of ether oxygens (including phenoxy) is 1. The maximum atomic E-state index is 11.1. The Morgan fingerprint density at radius 2 is 1.79 bits per heavy atom. The summed E-state index contributed by atoms with van der Waals surface area (Å²) in [5.41, 5.74) is 0.239. The Balaban J connectivity index is 0. The second kappa shape index (κ2) is 7.76. The van der Waals surface area contributed by atoms with Crippen LogP contribution >= 0.6 is 0 Å². The van der Waals surface area contributed by atoms with Crippen molar-refractivity contribution in [2.75, 3.05) is 0 Å². The Labute approximate surface area is 83.7 Å². The highest BCUT2D eigenvalue weighted by Gasteiger charge is 2.04. The minimum Gasteiger partial charge on any atom is -0.424 e. The van der Waals surface area contributed by atoms with Gasteiger partial charge in [0.15, 0.2) is 0 Å². The lowest BCUT2D eigenvalue weighted by Gasteiger charge is -2.01. The lowest BCUT2D eigenvalue weighted by Crippen LogP contribution is -2.03. The Morgan fingerprint density at radius 1 is 1.21 bits per heavy atom. The number of rotatable bonds is 5. The standard InChI is InChI=1S/C11H12O2.H2O/c1-5-7-8-9(3)11(12)13-10(4)6-2;/h5-8H,1-4H2;1H2/b8-7-;. The predicted molar refractivity (Wildman–Crippen MR) is 57.5 cm³/mol. The van der Waals surface area contributed by atoms with Crippen LogP contribution in [0.4, 0.5) is 0 Å². The molecule has 0 heterocycles. The van der Waals surface area contributed by atoms with E-state index < -0.39 is 5.97 Å². The smallest absolute Gasteiger partial charge is 0.342 e. The molecule has 0 aromatic rings. The van der Waals surface area contributed by atoms with Gasteiger partial charge in [-0.3, -0.25) is 0 Å². The van der Waals surface area contributed by atoms with E-state index in [2.05, 4.69) is 26.3 Å². The number of hydrogen-bond donors (Lipinski definition) is 0. The molecular weight excluding hydrogens is 180 g/mol. The molecule has 0 amide bonds. The first-order chi connectivity index (χ1) is 6.11. The second-order valence-corrected chi connectivity index (χ2v) is 2.18. The molecule has 14 heavy (non-hydrogen) atoms. The molecule has 0 saturated heterocycles. The maximum absolute atomic E-state index is 11.1. The molecule has 3 nitrogen and oxygen atoms in total. The SMILES string of the molecule is C=C/C=C\C(=C)C(=O)OC(=C)C=C.O. The first-order valence-corrected chi connectivity index (χ1v) is 3.63. The molecule has 76 valence electrons. The van der Waals surface area contributed by atoms with Gasteiger partial charge in [0.2, 0.25) is 0 Å². The monoisotopic (exact) mass is 194 g/mol. The highest BCUT2D eigenvalue weighted by molar-refractivity contribution is 5.91. The molecule has 0 atom stereocenters. The minimum absolute atomic E-state index is 0. The van der Waals surface area contributed by atoms with E-state index in [0.29, 0.717) is 0 Å². The van der Waals surface area contributed by atoms with Gasteiger partial charge in [0.25, 0.3) is 0 Å². The van der Waals surface area contributed by atoms with Gasteiger partial charge in [-0.25, -0.2) is 4.79 Å². The van der Waals surface area contributed by atoms with Gasteiger partial charge in [0, 0.05) is 0 Å². The van der Waals surface area contributed by atoms with E-state index in [1.165, 1.54) is 12.2 Å². The van der Waals surface area contributed by atoms with Crippen LogP contribution in [0, 0.1) is 0 Å². The molecule has 0 aliphatic rings. The molecule has 0 aliphatic carbocycles. The van der Waals surface area contributed by atoms with Crippen LogP contribution in [0.3, 0.4) is 0 Å². The van der Waals surface area contributed by atoms with Gasteiger partial charge in [0.05, 0.1) is 5.57 Å². The summed E-state index contributed by atoms with van der Waals surface area (Å²) in [4.78, 5) is 11.1. The molecule has 0 spiro atoms. The molecule has 0 unspecified atom stereocenters. The molecule has 3 heteroatoms. The Bertz CT molecular complexity index is 285. The maximum Gasteiger partial charge on any atom is 0.342 e.